The number of amides is 1. The highest BCUT2D eigenvalue weighted by atomic mass is 32.2. The number of carbonyl (C=O) groups is 1. The molecule has 0 atom stereocenters. The molecular formula is C20H22N6O3S. The number of nitrogens with zero attached hydrogens (tertiary/aromatic N) is 4. The van der Waals surface area contributed by atoms with Crippen LogP contribution in [0.4, 0.5) is 5.69 Å². The molecule has 2 heterocycles. The Hall–Kier alpha value is -3.11. The van der Waals surface area contributed by atoms with Crippen LogP contribution in [0.5, 0.6) is 0 Å². The topological polar surface area (TPSA) is 121 Å². The molecule has 0 spiro atoms. The van der Waals surface area contributed by atoms with E-state index in [0.29, 0.717) is 35.7 Å². The molecule has 1 aliphatic rings. The first-order valence-electron chi connectivity index (χ1n) is 9.79. The van der Waals surface area contributed by atoms with Crippen LogP contribution in [0.15, 0.2) is 53.4 Å². The second-order valence-corrected chi connectivity index (χ2v) is 9.05. The van der Waals surface area contributed by atoms with Gasteiger partial charge in [-0.15, -0.1) is 10.2 Å². The van der Waals surface area contributed by atoms with Crippen molar-refractivity contribution in [2.45, 2.75) is 30.6 Å². The second kappa shape index (κ2) is 8.72. The number of tetrazole rings is 1. The highest BCUT2D eigenvalue weighted by Crippen LogP contribution is 2.23. The zero-order valence-electron chi connectivity index (χ0n) is 16.3. The second-order valence-electron chi connectivity index (χ2n) is 7.12. The number of nitrogens with one attached hydrogen (secondary N) is 2. The smallest absolute Gasteiger partial charge is 0.255 e. The van der Waals surface area contributed by atoms with Gasteiger partial charge in [-0.2, -0.15) is 9.52 Å². The van der Waals surface area contributed by atoms with E-state index in [1.54, 1.807) is 42.5 Å². The van der Waals surface area contributed by atoms with Crippen LogP contribution in [0.1, 0.15) is 36.0 Å². The molecule has 2 aromatic carbocycles. The maximum absolute atomic E-state index is 13.0. The first kappa shape index (κ1) is 20.2. The van der Waals surface area contributed by atoms with E-state index in [-0.39, 0.29) is 10.8 Å². The predicted octanol–water partition coefficient (Wildman–Crippen LogP) is 2.68. The lowest BCUT2D eigenvalue weighted by Gasteiger charge is -2.20. The Bertz CT molecular complexity index is 1120. The molecule has 2 N–H and O–H groups in total. The van der Waals surface area contributed by atoms with Crippen molar-refractivity contribution in [3.63, 3.8) is 0 Å². The monoisotopic (exact) mass is 426 g/mol. The summed E-state index contributed by atoms with van der Waals surface area (Å²) in [5.74, 6) is 0.0276. The Morgan fingerprint density at radius 3 is 2.50 bits per heavy atom. The predicted molar refractivity (Wildman–Crippen MR) is 111 cm³/mol. The summed E-state index contributed by atoms with van der Waals surface area (Å²) in [7, 11) is -3.59. The molecule has 0 aliphatic carbocycles. The SMILES string of the molecule is O=C(Nc1cccc(S(=O)(=O)N2CCCCCC2)c1)c1cccc(-c2nn[nH]n2)c1. The Kier molecular flexibility index (Phi) is 5.86. The van der Waals surface area contributed by atoms with Crippen molar-refractivity contribution in [3.05, 3.63) is 54.1 Å². The summed E-state index contributed by atoms with van der Waals surface area (Å²) in [4.78, 5) is 12.9. The van der Waals surface area contributed by atoms with E-state index in [1.165, 1.54) is 10.4 Å². The van der Waals surface area contributed by atoms with Gasteiger partial charge in [0, 0.05) is 29.9 Å². The molecule has 0 unspecified atom stereocenters. The number of benzene rings is 2. The molecule has 3 aromatic rings. The van der Waals surface area contributed by atoms with Gasteiger partial charge in [0.2, 0.25) is 15.8 Å². The van der Waals surface area contributed by atoms with Gasteiger partial charge in [-0.05, 0) is 48.4 Å². The van der Waals surface area contributed by atoms with Crippen molar-refractivity contribution in [1.29, 1.82) is 0 Å². The van der Waals surface area contributed by atoms with Crippen LogP contribution in [0, 0.1) is 0 Å². The Morgan fingerprint density at radius 1 is 1.00 bits per heavy atom. The summed E-state index contributed by atoms with van der Waals surface area (Å²) in [5, 5.41) is 16.5. The molecule has 1 aromatic heterocycles. The fourth-order valence-corrected chi connectivity index (χ4v) is 5.02. The number of aromatic nitrogens is 4. The van der Waals surface area contributed by atoms with Crippen molar-refractivity contribution < 1.29 is 13.2 Å². The van der Waals surface area contributed by atoms with E-state index in [1.807, 2.05) is 0 Å². The fourth-order valence-electron chi connectivity index (χ4n) is 3.45. The van der Waals surface area contributed by atoms with Gasteiger partial charge >= 0.3 is 0 Å². The lowest BCUT2D eigenvalue weighted by molar-refractivity contribution is 0.102. The molecule has 30 heavy (non-hydrogen) atoms. The minimum absolute atomic E-state index is 0.183. The molecular weight excluding hydrogens is 404 g/mol. The largest absolute Gasteiger partial charge is 0.322 e. The van der Waals surface area contributed by atoms with Gasteiger partial charge in [0.25, 0.3) is 5.91 Å². The third-order valence-corrected chi connectivity index (χ3v) is 6.92. The Balaban J connectivity index is 1.53. The minimum Gasteiger partial charge on any atom is -0.322 e. The van der Waals surface area contributed by atoms with Gasteiger partial charge in [-0.1, -0.05) is 31.0 Å². The van der Waals surface area contributed by atoms with E-state index >= 15 is 0 Å². The number of aromatic amines is 1. The average Bonchev–Trinajstić information content (AvgIpc) is 3.16. The summed E-state index contributed by atoms with van der Waals surface area (Å²) >= 11 is 0. The molecule has 0 saturated carbocycles. The lowest BCUT2D eigenvalue weighted by atomic mass is 10.1. The number of hydrogen-bond acceptors (Lipinski definition) is 6. The molecule has 9 nitrogen and oxygen atoms in total. The Labute approximate surface area is 174 Å². The van der Waals surface area contributed by atoms with E-state index in [0.717, 1.165) is 25.7 Å². The maximum Gasteiger partial charge on any atom is 0.255 e. The van der Waals surface area contributed by atoms with Gasteiger partial charge in [0.1, 0.15) is 0 Å². The molecule has 1 fully saturated rings. The molecule has 1 aliphatic heterocycles. The summed E-state index contributed by atoms with van der Waals surface area (Å²) in [6.07, 6.45) is 3.83. The van der Waals surface area contributed by atoms with Gasteiger partial charge in [-0.3, -0.25) is 4.79 Å². The average molecular weight is 427 g/mol. The van der Waals surface area contributed by atoms with Crippen LogP contribution in [-0.2, 0) is 10.0 Å². The Morgan fingerprint density at radius 2 is 1.77 bits per heavy atom. The van der Waals surface area contributed by atoms with E-state index in [2.05, 4.69) is 25.9 Å². The van der Waals surface area contributed by atoms with Crippen LogP contribution in [0.2, 0.25) is 0 Å². The van der Waals surface area contributed by atoms with E-state index < -0.39 is 10.0 Å². The maximum atomic E-state index is 13.0. The lowest BCUT2D eigenvalue weighted by Crippen LogP contribution is -2.32. The molecule has 1 amide bonds. The number of H-pyrrole nitrogens is 1. The van der Waals surface area contributed by atoms with Crippen molar-refractivity contribution >= 4 is 21.6 Å². The van der Waals surface area contributed by atoms with Crippen LogP contribution in [0.25, 0.3) is 11.4 Å². The number of rotatable bonds is 5. The van der Waals surface area contributed by atoms with Crippen LogP contribution in [0.3, 0.4) is 0 Å². The third-order valence-electron chi connectivity index (χ3n) is 5.02. The van der Waals surface area contributed by atoms with Gasteiger partial charge in [-0.25, -0.2) is 8.42 Å². The zero-order chi connectivity index (χ0) is 21.0. The van der Waals surface area contributed by atoms with Crippen LogP contribution in [-0.4, -0.2) is 52.3 Å². The minimum atomic E-state index is -3.59. The first-order chi connectivity index (χ1) is 14.5. The summed E-state index contributed by atoms with van der Waals surface area (Å²) in [6.45, 7) is 1.06. The number of hydrogen-bond donors (Lipinski definition) is 2. The molecule has 156 valence electrons. The number of anilines is 1. The first-order valence-corrected chi connectivity index (χ1v) is 11.2. The molecule has 10 heteroatoms. The number of carbonyl (C=O) groups excluding carboxylic acids is 1. The van der Waals surface area contributed by atoms with E-state index in [9.17, 15) is 13.2 Å². The number of sulfonamides is 1. The summed E-state index contributed by atoms with van der Waals surface area (Å²) in [5.41, 5.74) is 1.47. The van der Waals surface area contributed by atoms with Gasteiger partial charge in [0.05, 0.1) is 4.90 Å². The van der Waals surface area contributed by atoms with Crippen molar-refractivity contribution in [2.24, 2.45) is 0 Å². The highest BCUT2D eigenvalue weighted by Gasteiger charge is 2.25. The highest BCUT2D eigenvalue weighted by molar-refractivity contribution is 7.89. The molecule has 0 radical (unpaired) electrons. The van der Waals surface area contributed by atoms with E-state index in [4.69, 9.17) is 0 Å². The zero-order valence-corrected chi connectivity index (χ0v) is 17.1. The third kappa shape index (κ3) is 4.39. The van der Waals surface area contributed by atoms with Gasteiger partial charge in [0.15, 0.2) is 0 Å². The van der Waals surface area contributed by atoms with Gasteiger partial charge < -0.3 is 5.32 Å². The standard InChI is InChI=1S/C20H22N6O3S/c27-20(16-8-5-7-15(13-16)19-22-24-25-23-19)21-17-9-6-10-18(14-17)30(28,29)26-11-3-1-2-4-12-26/h5-10,13-14H,1-4,11-12H2,(H,21,27)(H,22,23,24,25). The quantitative estimate of drug-likeness (QED) is 0.647. The van der Waals surface area contributed by atoms with Crippen molar-refractivity contribution in [2.75, 3.05) is 18.4 Å². The summed E-state index contributed by atoms with van der Waals surface area (Å²) < 4.78 is 27.6. The molecule has 4 rings (SSSR count). The van der Waals surface area contributed by atoms with Crippen molar-refractivity contribution in [1.82, 2.24) is 24.9 Å². The van der Waals surface area contributed by atoms with Crippen LogP contribution < -0.4 is 5.32 Å². The molecule has 0 bridgehead atoms. The van der Waals surface area contributed by atoms with Crippen LogP contribution >= 0.6 is 0 Å². The van der Waals surface area contributed by atoms with Crippen molar-refractivity contribution in [3.8, 4) is 11.4 Å². The summed E-state index contributed by atoms with van der Waals surface area (Å²) in [6, 6.07) is 13.2. The fraction of sp³-hybridized carbons (Fsp3) is 0.300. The normalized spacial score (nSPS) is 15.5. The molecule has 1 saturated heterocycles.